The molecule has 0 heterocycles. The highest BCUT2D eigenvalue weighted by molar-refractivity contribution is 5.80. The number of nitrogens with one attached hydrogen (secondary N) is 1. The second kappa shape index (κ2) is 10.7. The fourth-order valence-corrected chi connectivity index (χ4v) is 4.02. The van der Waals surface area contributed by atoms with Crippen LogP contribution in [0, 0.1) is 6.92 Å². The Morgan fingerprint density at radius 3 is 2.38 bits per heavy atom. The van der Waals surface area contributed by atoms with Crippen LogP contribution in [0.25, 0.3) is 0 Å². The molecule has 0 aliphatic heterocycles. The van der Waals surface area contributed by atoms with E-state index in [9.17, 15) is 22.8 Å². The lowest BCUT2D eigenvalue weighted by atomic mass is 10.0. The third-order valence-electron chi connectivity index (χ3n) is 5.59. The van der Waals surface area contributed by atoms with Gasteiger partial charge in [-0.05, 0) is 62.3 Å². The lowest BCUT2D eigenvalue weighted by Gasteiger charge is -2.20. The van der Waals surface area contributed by atoms with E-state index < -0.39 is 23.8 Å². The van der Waals surface area contributed by atoms with Crippen molar-refractivity contribution in [2.75, 3.05) is 0 Å². The average molecular weight is 447 g/mol. The standard InChI is InChI=1S/C25H28F3NO3/c1-17-5-4-6-19(13-17)15-23(30)29-21(16-24(31)32-22-7-2-3-8-22)14-18-9-11-20(12-10-18)25(26,27)28/h4-6,9-13,21-22H,2-3,7-8,14-16H2,1H3,(H,29,30)/t21-/m0/s1. The molecule has 7 heteroatoms. The zero-order valence-electron chi connectivity index (χ0n) is 18.1. The highest BCUT2D eigenvalue weighted by atomic mass is 19.4. The lowest BCUT2D eigenvalue weighted by Crippen LogP contribution is -2.39. The summed E-state index contributed by atoms with van der Waals surface area (Å²) >= 11 is 0. The summed E-state index contributed by atoms with van der Waals surface area (Å²) in [6, 6.07) is 11.8. The molecule has 0 radical (unpaired) electrons. The van der Waals surface area contributed by atoms with Crippen LogP contribution in [0.1, 0.15) is 54.4 Å². The smallest absolute Gasteiger partial charge is 0.416 e. The van der Waals surface area contributed by atoms with Crippen molar-refractivity contribution in [3.8, 4) is 0 Å². The fraction of sp³-hybridized carbons (Fsp3) is 0.440. The quantitative estimate of drug-likeness (QED) is 0.569. The summed E-state index contributed by atoms with van der Waals surface area (Å²) in [5.74, 6) is -0.647. The molecule has 0 spiro atoms. The van der Waals surface area contributed by atoms with Crippen LogP contribution in [0.15, 0.2) is 48.5 Å². The molecule has 2 aromatic carbocycles. The number of hydrogen-bond acceptors (Lipinski definition) is 3. The lowest BCUT2D eigenvalue weighted by molar-refractivity contribution is -0.149. The molecule has 1 saturated carbocycles. The fourth-order valence-electron chi connectivity index (χ4n) is 4.02. The van der Waals surface area contributed by atoms with E-state index in [0.29, 0.717) is 5.56 Å². The molecular formula is C25H28F3NO3. The highest BCUT2D eigenvalue weighted by Gasteiger charge is 2.30. The predicted octanol–water partition coefficient (Wildman–Crippen LogP) is 5.16. The van der Waals surface area contributed by atoms with E-state index in [1.165, 1.54) is 12.1 Å². The molecule has 0 unspecified atom stereocenters. The zero-order valence-corrected chi connectivity index (χ0v) is 18.1. The van der Waals surface area contributed by atoms with Gasteiger partial charge in [0.1, 0.15) is 6.10 Å². The maximum Gasteiger partial charge on any atom is 0.416 e. The Morgan fingerprint density at radius 1 is 1.06 bits per heavy atom. The van der Waals surface area contributed by atoms with Crippen molar-refractivity contribution in [2.45, 2.75) is 70.2 Å². The summed E-state index contributed by atoms with van der Waals surface area (Å²) in [4.78, 5) is 25.1. The monoisotopic (exact) mass is 447 g/mol. The van der Waals surface area contributed by atoms with Crippen LogP contribution in [0.4, 0.5) is 13.2 Å². The van der Waals surface area contributed by atoms with Crippen LogP contribution in [0.5, 0.6) is 0 Å². The van der Waals surface area contributed by atoms with Gasteiger partial charge in [0.05, 0.1) is 18.4 Å². The summed E-state index contributed by atoms with van der Waals surface area (Å²) in [6.45, 7) is 1.94. The van der Waals surface area contributed by atoms with Gasteiger partial charge in [-0.3, -0.25) is 9.59 Å². The second-order valence-electron chi connectivity index (χ2n) is 8.43. The molecule has 1 atom stereocenters. The van der Waals surface area contributed by atoms with Crippen LogP contribution >= 0.6 is 0 Å². The van der Waals surface area contributed by atoms with Gasteiger partial charge in [-0.2, -0.15) is 13.2 Å². The Kier molecular flexibility index (Phi) is 7.94. The zero-order chi connectivity index (χ0) is 23.1. The number of rotatable bonds is 8. The third-order valence-corrected chi connectivity index (χ3v) is 5.59. The number of carbonyl (C=O) groups excluding carboxylic acids is 2. The van der Waals surface area contributed by atoms with Crippen molar-refractivity contribution >= 4 is 11.9 Å². The maximum absolute atomic E-state index is 12.8. The molecule has 0 bridgehead atoms. The largest absolute Gasteiger partial charge is 0.462 e. The molecule has 3 rings (SSSR count). The maximum atomic E-state index is 12.8. The van der Waals surface area contributed by atoms with Crippen LogP contribution < -0.4 is 5.32 Å². The summed E-state index contributed by atoms with van der Waals surface area (Å²) < 4.78 is 44.0. The molecule has 1 aliphatic rings. The third kappa shape index (κ3) is 7.39. The van der Waals surface area contributed by atoms with Gasteiger partial charge in [0.15, 0.2) is 0 Å². The average Bonchev–Trinajstić information content (AvgIpc) is 3.20. The van der Waals surface area contributed by atoms with Gasteiger partial charge in [-0.25, -0.2) is 0 Å². The summed E-state index contributed by atoms with van der Waals surface area (Å²) in [7, 11) is 0. The molecular weight excluding hydrogens is 419 g/mol. The van der Waals surface area contributed by atoms with E-state index in [2.05, 4.69) is 5.32 Å². The Hall–Kier alpha value is -2.83. The minimum absolute atomic E-state index is 0.0307. The number of ether oxygens (including phenoxy) is 1. The van der Waals surface area contributed by atoms with Gasteiger partial charge in [0, 0.05) is 6.04 Å². The van der Waals surface area contributed by atoms with E-state index in [-0.39, 0.29) is 31.3 Å². The summed E-state index contributed by atoms with van der Waals surface area (Å²) in [5.41, 5.74) is 1.76. The van der Waals surface area contributed by atoms with Crippen LogP contribution in [0.3, 0.4) is 0 Å². The summed E-state index contributed by atoms with van der Waals surface area (Å²) in [6.07, 6.45) is -0.399. The van der Waals surface area contributed by atoms with Crippen molar-refractivity contribution in [3.05, 3.63) is 70.8 Å². The van der Waals surface area contributed by atoms with Crippen molar-refractivity contribution in [1.29, 1.82) is 0 Å². The van der Waals surface area contributed by atoms with E-state index in [4.69, 9.17) is 4.74 Å². The van der Waals surface area contributed by atoms with E-state index >= 15 is 0 Å². The Balaban J connectivity index is 1.66. The first kappa shape index (κ1) is 23.8. The van der Waals surface area contributed by atoms with Crippen molar-refractivity contribution in [2.24, 2.45) is 0 Å². The normalized spacial score (nSPS) is 15.4. The molecule has 1 amide bonds. The molecule has 1 aliphatic carbocycles. The number of carbonyl (C=O) groups is 2. The molecule has 0 aromatic heterocycles. The minimum atomic E-state index is -4.41. The Bertz CT molecular complexity index is 919. The molecule has 32 heavy (non-hydrogen) atoms. The second-order valence-corrected chi connectivity index (χ2v) is 8.43. The summed E-state index contributed by atoms with van der Waals surface area (Å²) in [5, 5.41) is 2.87. The number of aryl methyl sites for hydroxylation is 1. The molecule has 1 N–H and O–H groups in total. The first-order valence-corrected chi connectivity index (χ1v) is 10.9. The van der Waals surface area contributed by atoms with E-state index in [1.807, 2.05) is 31.2 Å². The van der Waals surface area contributed by atoms with Gasteiger partial charge in [-0.15, -0.1) is 0 Å². The topological polar surface area (TPSA) is 55.4 Å². The number of amides is 1. The van der Waals surface area contributed by atoms with Crippen molar-refractivity contribution < 1.29 is 27.5 Å². The number of hydrogen-bond donors (Lipinski definition) is 1. The van der Waals surface area contributed by atoms with Gasteiger partial charge < -0.3 is 10.1 Å². The minimum Gasteiger partial charge on any atom is -0.462 e. The van der Waals surface area contributed by atoms with Crippen molar-refractivity contribution in [3.63, 3.8) is 0 Å². The molecule has 1 fully saturated rings. The van der Waals surface area contributed by atoms with Crippen LogP contribution in [-0.2, 0) is 33.3 Å². The van der Waals surface area contributed by atoms with Gasteiger partial charge in [0.25, 0.3) is 0 Å². The molecule has 2 aromatic rings. The van der Waals surface area contributed by atoms with Crippen molar-refractivity contribution in [1.82, 2.24) is 5.32 Å². The Morgan fingerprint density at radius 2 is 1.75 bits per heavy atom. The number of halogens is 3. The van der Waals surface area contributed by atoms with E-state index in [0.717, 1.165) is 48.9 Å². The van der Waals surface area contributed by atoms with Gasteiger partial charge in [0.2, 0.25) is 5.91 Å². The highest BCUT2D eigenvalue weighted by Crippen LogP contribution is 2.29. The molecule has 172 valence electrons. The van der Waals surface area contributed by atoms with E-state index in [1.54, 1.807) is 0 Å². The van der Waals surface area contributed by atoms with Crippen LogP contribution in [-0.4, -0.2) is 24.0 Å². The SMILES string of the molecule is Cc1cccc(CC(=O)N[C@H](CC(=O)OC2CCCC2)Cc2ccc(C(F)(F)F)cc2)c1. The Labute approximate surface area is 186 Å². The number of alkyl halides is 3. The number of benzene rings is 2. The first-order chi connectivity index (χ1) is 15.2. The van der Waals surface area contributed by atoms with Crippen LogP contribution in [0.2, 0.25) is 0 Å². The van der Waals surface area contributed by atoms with Gasteiger partial charge >= 0.3 is 12.1 Å². The number of esters is 1. The van der Waals surface area contributed by atoms with Gasteiger partial charge in [-0.1, -0.05) is 42.0 Å². The molecule has 0 saturated heterocycles. The predicted molar refractivity (Wildman–Crippen MR) is 115 cm³/mol. The first-order valence-electron chi connectivity index (χ1n) is 10.9. The molecule has 4 nitrogen and oxygen atoms in total.